The van der Waals surface area contributed by atoms with Crippen LogP contribution in [0.2, 0.25) is 0 Å². The largest absolute Gasteiger partial charge is 0.454 e. The summed E-state index contributed by atoms with van der Waals surface area (Å²) in [5.74, 6) is 0.538. The number of carbonyl (C=O) groups excluding carboxylic acids is 2. The number of likely N-dealkylation sites (tertiary alicyclic amines) is 1. The Balaban J connectivity index is 1.42. The van der Waals surface area contributed by atoms with E-state index in [-0.39, 0.29) is 24.2 Å². The highest BCUT2D eigenvalue weighted by Gasteiger charge is 2.27. The molecule has 2 aliphatic heterocycles. The van der Waals surface area contributed by atoms with Crippen molar-refractivity contribution in [2.75, 3.05) is 46.4 Å². The van der Waals surface area contributed by atoms with Gasteiger partial charge in [-0.3, -0.25) is 9.69 Å². The number of urea groups is 1. The second-order valence-electron chi connectivity index (χ2n) is 6.37. The SMILES string of the molecule is CNC(=O)c1ccc(CNC(=O)N2CCC(N3CCOCC3)CC2)o1. The van der Waals surface area contributed by atoms with Crippen molar-refractivity contribution in [1.82, 2.24) is 20.4 Å². The minimum atomic E-state index is -0.275. The molecule has 2 saturated heterocycles. The molecular weight excluding hydrogens is 324 g/mol. The van der Waals surface area contributed by atoms with E-state index in [9.17, 15) is 9.59 Å². The molecular formula is C17H26N4O4. The molecule has 0 radical (unpaired) electrons. The van der Waals surface area contributed by atoms with Crippen molar-refractivity contribution in [3.63, 3.8) is 0 Å². The Labute approximate surface area is 147 Å². The van der Waals surface area contributed by atoms with Crippen LogP contribution in [0.1, 0.15) is 29.2 Å². The normalized spacial score (nSPS) is 19.6. The number of ether oxygens (including phenoxy) is 1. The van der Waals surface area contributed by atoms with Gasteiger partial charge in [0.25, 0.3) is 5.91 Å². The van der Waals surface area contributed by atoms with Crippen molar-refractivity contribution in [1.29, 1.82) is 0 Å². The molecule has 3 heterocycles. The van der Waals surface area contributed by atoms with Gasteiger partial charge in [0.2, 0.25) is 0 Å². The fraction of sp³-hybridized carbons (Fsp3) is 0.647. The van der Waals surface area contributed by atoms with Gasteiger partial charge in [0.15, 0.2) is 5.76 Å². The zero-order chi connectivity index (χ0) is 17.6. The van der Waals surface area contributed by atoms with E-state index < -0.39 is 0 Å². The van der Waals surface area contributed by atoms with Crippen LogP contribution in [0, 0.1) is 0 Å². The Morgan fingerprint density at radius 3 is 2.56 bits per heavy atom. The van der Waals surface area contributed by atoms with Crippen LogP contribution in [0.25, 0.3) is 0 Å². The van der Waals surface area contributed by atoms with Crippen LogP contribution >= 0.6 is 0 Å². The van der Waals surface area contributed by atoms with E-state index >= 15 is 0 Å². The van der Waals surface area contributed by atoms with Gasteiger partial charge in [0.05, 0.1) is 19.8 Å². The van der Waals surface area contributed by atoms with E-state index in [1.807, 2.05) is 4.90 Å². The highest BCUT2D eigenvalue weighted by Crippen LogP contribution is 2.18. The molecule has 1 aromatic rings. The number of carbonyl (C=O) groups is 2. The third-order valence-electron chi connectivity index (χ3n) is 4.84. The van der Waals surface area contributed by atoms with E-state index in [0.717, 1.165) is 52.2 Å². The molecule has 0 atom stereocenters. The smallest absolute Gasteiger partial charge is 0.317 e. The summed E-state index contributed by atoms with van der Waals surface area (Å²) in [6.07, 6.45) is 1.99. The van der Waals surface area contributed by atoms with Gasteiger partial charge in [-0.25, -0.2) is 4.79 Å². The number of nitrogens with one attached hydrogen (secondary N) is 2. The average Bonchev–Trinajstić information content (AvgIpc) is 3.15. The summed E-state index contributed by atoms with van der Waals surface area (Å²) < 4.78 is 10.8. The minimum absolute atomic E-state index is 0.0849. The van der Waals surface area contributed by atoms with Crippen molar-refractivity contribution in [2.45, 2.75) is 25.4 Å². The summed E-state index contributed by atoms with van der Waals surface area (Å²) in [7, 11) is 1.55. The Kier molecular flexibility index (Phi) is 5.93. The molecule has 2 fully saturated rings. The van der Waals surface area contributed by atoms with Crippen molar-refractivity contribution in [3.8, 4) is 0 Å². The van der Waals surface area contributed by atoms with E-state index in [4.69, 9.17) is 9.15 Å². The fourth-order valence-corrected chi connectivity index (χ4v) is 3.37. The first-order valence-electron chi connectivity index (χ1n) is 8.82. The van der Waals surface area contributed by atoms with Gasteiger partial charge >= 0.3 is 6.03 Å². The molecule has 25 heavy (non-hydrogen) atoms. The molecule has 0 spiro atoms. The third-order valence-corrected chi connectivity index (χ3v) is 4.84. The number of nitrogens with zero attached hydrogens (tertiary/aromatic N) is 2. The van der Waals surface area contributed by atoms with Crippen LogP contribution in [0.3, 0.4) is 0 Å². The van der Waals surface area contributed by atoms with Gasteiger partial charge < -0.3 is 24.7 Å². The van der Waals surface area contributed by atoms with Gasteiger partial charge in [0.1, 0.15) is 5.76 Å². The Hall–Kier alpha value is -2.06. The third kappa shape index (κ3) is 4.52. The Bertz CT molecular complexity index is 589. The lowest BCUT2D eigenvalue weighted by Crippen LogP contribution is -2.51. The van der Waals surface area contributed by atoms with Crippen molar-refractivity contribution < 1.29 is 18.7 Å². The lowest BCUT2D eigenvalue weighted by atomic mass is 10.0. The van der Waals surface area contributed by atoms with Gasteiger partial charge in [-0.2, -0.15) is 0 Å². The number of piperidine rings is 1. The van der Waals surface area contributed by atoms with Gasteiger partial charge in [-0.05, 0) is 25.0 Å². The first-order chi connectivity index (χ1) is 12.2. The number of rotatable bonds is 4. The predicted octanol–water partition coefficient (Wildman–Crippen LogP) is 0.645. The Morgan fingerprint density at radius 1 is 1.16 bits per heavy atom. The average molecular weight is 350 g/mol. The van der Waals surface area contributed by atoms with Crippen molar-refractivity contribution in [3.05, 3.63) is 23.7 Å². The molecule has 138 valence electrons. The molecule has 3 amide bonds. The number of hydrogen-bond donors (Lipinski definition) is 2. The number of amides is 3. The quantitative estimate of drug-likeness (QED) is 0.832. The molecule has 0 aromatic carbocycles. The first kappa shape index (κ1) is 17.8. The monoisotopic (exact) mass is 350 g/mol. The van der Waals surface area contributed by atoms with Crippen LogP contribution in [-0.4, -0.2) is 74.2 Å². The number of hydrogen-bond acceptors (Lipinski definition) is 5. The first-order valence-corrected chi connectivity index (χ1v) is 8.82. The second kappa shape index (κ2) is 8.35. The molecule has 2 N–H and O–H groups in total. The number of morpholine rings is 1. The van der Waals surface area contributed by atoms with Crippen molar-refractivity contribution >= 4 is 11.9 Å². The van der Waals surface area contributed by atoms with Crippen molar-refractivity contribution in [2.24, 2.45) is 0 Å². The topological polar surface area (TPSA) is 87.1 Å². The van der Waals surface area contributed by atoms with E-state index in [2.05, 4.69) is 15.5 Å². The standard InChI is InChI=1S/C17H26N4O4/c1-18-16(22)15-3-2-14(25-15)12-19-17(23)21-6-4-13(5-7-21)20-8-10-24-11-9-20/h2-3,13H,4-12H2,1H3,(H,18,22)(H,19,23). The molecule has 0 bridgehead atoms. The van der Waals surface area contributed by atoms with E-state index in [0.29, 0.717) is 11.8 Å². The van der Waals surface area contributed by atoms with Crippen LogP contribution in [0.5, 0.6) is 0 Å². The van der Waals surface area contributed by atoms with Crippen LogP contribution in [-0.2, 0) is 11.3 Å². The zero-order valence-corrected chi connectivity index (χ0v) is 14.6. The fourth-order valence-electron chi connectivity index (χ4n) is 3.37. The summed E-state index contributed by atoms with van der Waals surface area (Å²) in [5, 5.41) is 5.36. The molecule has 0 saturated carbocycles. The lowest BCUT2D eigenvalue weighted by Gasteiger charge is -2.40. The summed E-state index contributed by atoms with van der Waals surface area (Å²) >= 11 is 0. The summed E-state index contributed by atoms with van der Waals surface area (Å²) in [6, 6.07) is 3.77. The maximum atomic E-state index is 12.3. The highest BCUT2D eigenvalue weighted by atomic mass is 16.5. The maximum absolute atomic E-state index is 12.3. The molecule has 8 nitrogen and oxygen atoms in total. The summed E-state index contributed by atoms with van der Waals surface area (Å²) in [6.45, 7) is 5.39. The molecule has 8 heteroatoms. The molecule has 0 unspecified atom stereocenters. The number of furan rings is 1. The maximum Gasteiger partial charge on any atom is 0.317 e. The second-order valence-corrected chi connectivity index (χ2v) is 6.37. The molecule has 2 aliphatic rings. The summed E-state index contributed by atoms with van der Waals surface area (Å²) in [5.41, 5.74) is 0. The van der Waals surface area contributed by atoms with Gasteiger partial charge in [0, 0.05) is 39.3 Å². The van der Waals surface area contributed by atoms with E-state index in [1.165, 1.54) is 0 Å². The highest BCUT2D eigenvalue weighted by molar-refractivity contribution is 5.91. The zero-order valence-electron chi connectivity index (χ0n) is 14.6. The van der Waals surface area contributed by atoms with E-state index in [1.54, 1.807) is 19.2 Å². The Morgan fingerprint density at radius 2 is 1.88 bits per heavy atom. The molecule has 1 aromatic heterocycles. The van der Waals surface area contributed by atoms with Gasteiger partial charge in [-0.1, -0.05) is 0 Å². The minimum Gasteiger partial charge on any atom is -0.454 e. The van der Waals surface area contributed by atoms with Crippen LogP contribution in [0.15, 0.2) is 16.5 Å². The predicted molar refractivity (Wildman–Crippen MR) is 91.3 cm³/mol. The molecule has 0 aliphatic carbocycles. The molecule has 3 rings (SSSR count). The van der Waals surface area contributed by atoms with Crippen LogP contribution < -0.4 is 10.6 Å². The van der Waals surface area contributed by atoms with Gasteiger partial charge in [-0.15, -0.1) is 0 Å². The lowest BCUT2D eigenvalue weighted by molar-refractivity contribution is 0.00379. The summed E-state index contributed by atoms with van der Waals surface area (Å²) in [4.78, 5) is 28.1. The van der Waals surface area contributed by atoms with Crippen LogP contribution in [0.4, 0.5) is 4.79 Å².